The minimum Gasteiger partial charge on any atom is -0.387 e. The van der Waals surface area contributed by atoms with Crippen LogP contribution in [0, 0.1) is 0 Å². The molecule has 1 aliphatic rings. The lowest BCUT2D eigenvalue weighted by Crippen LogP contribution is -2.16. The van der Waals surface area contributed by atoms with Crippen molar-refractivity contribution in [2.24, 2.45) is 0 Å². The quantitative estimate of drug-likeness (QED) is 0.808. The van der Waals surface area contributed by atoms with Gasteiger partial charge in [-0.15, -0.1) is 0 Å². The molecule has 2 rings (SSSR count). The minimum absolute atomic E-state index is 0.418. The highest BCUT2D eigenvalue weighted by Gasteiger charge is 2.17. The smallest absolute Gasteiger partial charge is 0.0914 e. The largest absolute Gasteiger partial charge is 0.387 e. The van der Waals surface area contributed by atoms with Crippen molar-refractivity contribution < 1.29 is 9.84 Å². The molecule has 1 heterocycles. The summed E-state index contributed by atoms with van der Waals surface area (Å²) in [5, 5.41) is 12.8. The van der Waals surface area contributed by atoms with E-state index in [1.165, 1.54) is 5.56 Å². The van der Waals surface area contributed by atoms with Crippen molar-refractivity contribution in [2.75, 3.05) is 26.8 Å². The van der Waals surface area contributed by atoms with E-state index < -0.39 is 6.10 Å². The Morgan fingerprint density at radius 1 is 1.44 bits per heavy atom. The number of ether oxygens (including phenoxy) is 1. The highest BCUT2D eigenvalue weighted by molar-refractivity contribution is 5.27. The van der Waals surface area contributed by atoms with E-state index in [9.17, 15) is 5.11 Å². The van der Waals surface area contributed by atoms with Crippen LogP contribution in [0.3, 0.4) is 0 Å². The van der Waals surface area contributed by atoms with Crippen LogP contribution < -0.4 is 5.32 Å². The summed E-state index contributed by atoms with van der Waals surface area (Å²) in [5.74, 6) is 0.537. The number of hydrogen-bond acceptors (Lipinski definition) is 3. The third kappa shape index (κ3) is 2.61. The fourth-order valence-corrected chi connectivity index (χ4v) is 2.10. The Balaban J connectivity index is 2.03. The molecule has 1 aromatic carbocycles. The Morgan fingerprint density at radius 2 is 2.19 bits per heavy atom. The molecule has 0 aromatic heterocycles. The van der Waals surface area contributed by atoms with Crippen LogP contribution in [0.25, 0.3) is 0 Å². The zero-order valence-electron chi connectivity index (χ0n) is 9.65. The van der Waals surface area contributed by atoms with Gasteiger partial charge in [-0.2, -0.15) is 0 Å². The number of aliphatic hydroxyl groups excluding tert-OH is 1. The fraction of sp³-hybridized carbons (Fsp3) is 0.538. The molecule has 0 aliphatic carbocycles. The lowest BCUT2D eigenvalue weighted by atomic mass is 9.96. The summed E-state index contributed by atoms with van der Waals surface area (Å²) in [4.78, 5) is 0. The first-order valence-corrected chi connectivity index (χ1v) is 5.81. The maximum atomic E-state index is 9.79. The fourth-order valence-electron chi connectivity index (χ4n) is 2.10. The van der Waals surface area contributed by atoms with Gasteiger partial charge in [0, 0.05) is 19.1 Å². The van der Waals surface area contributed by atoms with Crippen LogP contribution in [0.5, 0.6) is 0 Å². The zero-order valence-corrected chi connectivity index (χ0v) is 9.65. The van der Waals surface area contributed by atoms with Gasteiger partial charge in [-0.25, -0.2) is 0 Å². The molecule has 16 heavy (non-hydrogen) atoms. The second-order valence-corrected chi connectivity index (χ2v) is 4.30. The normalized spacial score (nSPS) is 22.2. The average molecular weight is 221 g/mol. The zero-order chi connectivity index (χ0) is 11.4. The maximum absolute atomic E-state index is 9.79. The predicted octanol–water partition coefficient (Wildman–Crippen LogP) is 1.44. The molecule has 1 saturated heterocycles. The molecule has 2 N–H and O–H groups in total. The second kappa shape index (κ2) is 5.43. The molecule has 2 atom stereocenters. The van der Waals surface area contributed by atoms with E-state index in [1.807, 2.05) is 19.2 Å². The van der Waals surface area contributed by atoms with Crippen molar-refractivity contribution in [3.05, 3.63) is 35.4 Å². The molecule has 0 amide bonds. The lowest BCUT2D eigenvalue weighted by molar-refractivity contribution is 0.177. The average Bonchev–Trinajstić information content (AvgIpc) is 2.83. The van der Waals surface area contributed by atoms with Gasteiger partial charge in [0.15, 0.2) is 0 Å². The van der Waals surface area contributed by atoms with Gasteiger partial charge in [-0.1, -0.05) is 24.3 Å². The van der Waals surface area contributed by atoms with E-state index in [1.54, 1.807) is 0 Å². The molecule has 88 valence electrons. The van der Waals surface area contributed by atoms with E-state index in [4.69, 9.17) is 4.74 Å². The molecule has 1 aliphatic heterocycles. The Kier molecular flexibility index (Phi) is 3.93. The van der Waals surface area contributed by atoms with Crippen molar-refractivity contribution in [3.63, 3.8) is 0 Å². The Bertz CT molecular complexity index is 317. The van der Waals surface area contributed by atoms with Crippen LogP contribution in [-0.2, 0) is 4.74 Å². The molecule has 0 bridgehead atoms. The number of rotatable bonds is 4. The van der Waals surface area contributed by atoms with Gasteiger partial charge in [0.2, 0.25) is 0 Å². The second-order valence-electron chi connectivity index (χ2n) is 4.30. The minimum atomic E-state index is -0.418. The van der Waals surface area contributed by atoms with Crippen LogP contribution in [0.4, 0.5) is 0 Å². The summed E-state index contributed by atoms with van der Waals surface area (Å²) in [6.07, 6.45) is 0.692. The van der Waals surface area contributed by atoms with E-state index >= 15 is 0 Å². The summed E-state index contributed by atoms with van der Waals surface area (Å²) in [6.45, 7) is 2.29. The molecule has 0 radical (unpaired) electrons. The first kappa shape index (κ1) is 11.6. The van der Waals surface area contributed by atoms with Gasteiger partial charge in [-0.05, 0) is 24.6 Å². The first-order chi connectivity index (χ1) is 7.81. The Morgan fingerprint density at radius 3 is 2.75 bits per heavy atom. The number of nitrogens with one attached hydrogen (secondary N) is 1. The van der Waals surface area contributed by atoms with E-state index in [2.05, 4.69) is 17.4 Å². The van der Waals surface area contributed by atoms with Gasteiger partial charge < -0.3 is 15.2 Å². The van der Waals surface area contributed by atoms with Crippen molar-refractivity contribution in [1.29, 1.82) is 0 Å². The molecular formula is C13H19NO2. The monoisotopic (exact) mass is 221 g/mol. The molecule has 3 nitrogen and oxygen atoms in total. The molecule has 2 unspecified atom stereocenters. The maximum Gasteiger partial charge on any atom is 0.0914 e. The highest BCUT2D eigenvalue weighted by Crippen LogP contribution is 2.26. The van der Waals surface area contributed by atoms with Gasteiger partial charge in [0.05, 0.1) is 12.7 Å². The van der Waals surface area contributed by atoms with Crippen LogP contribution in [0.1, 0.15) is 29.6 Å². The number of likely N-dealkylation sites (N-methyl/N-ethyl adjacent to an activating group) is 1. The van der Waals surface area contributed by atoms with Crippen LogP contribution in [-0.4, -0.2) is 31.9 Å². The molecule has 1 aromatic rings. The third-order valence-corrected chi connectivity index (χ3v) is 3.12. The van der Waals surface area contributed by atoms with Gasteiger partial charge in [-0.3, -0.25) is 0 Å². The summed E-state index contributed by atoms with van der Waals surface area (Å²) in [5.41, 5.74) is 2.29. The highest BCUT2D eigenvalue weighted by atomic mass is 16.5. The topological polar surface area (TPSA) is 41.5 Å². The van der Waals surface area contributed by atoms with Gasteiger partial charge >= 0.3 is 0 Å². The standard InChI is InChI=1S/C13H19NO2/c1-14-8-13(15)11-4-2-10(3-5-11)12-6-7-16-9-12/h2-5,12-15H,6-9H2,1H3. The number of hydrogen-bond donors (Lipinski definition) is 2. The lowest BCUT2D eigenvalue weighted by Gasteiger charge is -2.12. The molecular weight excluding hydrogens is 202 g/mol. The van der Waals surface area contributed by atoms with E-state index in [0.29, 0.717) is 12.5 Å². The van der Waals surface area contributed by atoms with Crippen LogP contribution in [0.15, 0.2) is 24.3 Å². The first-order valence-electron chi connectivity index (χ1n) is 5.81. The van der Waals surface area contributed by atoms with Crippen LogP contribution in [0.2, 0.25) is 0 Å². The summed E-state index contributed by atoms with van der Waals surface area (Å²) >= 11 is 0. The van der Waals surface area contributed by atoms with Crippen molar-refractivity contribution in [1.82, 2.24) is 5.32 Å². The van der Waals surface area contributed by atoms with Gasteiger partial charge in [0.1, 0.15) is 0 Å². The van der Waals surface area contributed by atoms with Crippen LogP contribution >= 0.6 is 0 Å². The summed E-state index contributed by atoms with van der Waals surface area (Å²) in [6, 6.07) is 8.23. The Labute approximate surface area is 96.4 Å². The molecule has 0 spiro atoms. The Hall–Kier alpha value is -0.900. The predicted molar refractivity (Wildman–Crippen MR) is 63.5 cm³/mol. The third-order valence-electron chi connectivity index (χ3n) is 3.12. The van der Waals surface area contributed by atoms with Crippen molar-refractivity contribution in [2.45, 2.75) is 18.4 Å². The van der Waals surface area contributed by atoms with E-state index in [0.717, 1.165) is 25.2 Å². The summed E-state index contributed by atoms with van der Waals surface area (Å²) < 4.78 is 5.37. The molecule has 1 fully saturated rings. The van der Waals surface area contributed by atoms with Gasteiger partial charge in [0.25, 0.3) is 0 Å². The van der Waals surface area contributed by atoms with Crippen molar-refractivity contribution in [3.8, 4) is 0 Å². The number of benzene rings is 1. The number of aliphatic hydroxyl groups is 1. The SMILES string of the molecule is CNCC(O)c1ccc(C2CCOC2)cc1. The van der Waals surface area contributed by atoms with Crippen molar-refractivity contribution >= 4 is 0 Å². The molecule has 0 saturated carbocycles. The van der Waals surface area contributed by atoms with E-state index in [-0.39, 0.29) is 0 Å². The summed E-state index contributed by atoms with van der Waals surface area (Å²) in [7, 11) is 1.84. The molecule has 3 heteroatoms.